The van der Waals surface area contributed by atoms with Gasteiger partial charge in [-0.05, 0) is 24.3 Å². The highest BCUT2D eigenvalue weighted by Crippen LogP contribution is 2.30. The summed E-state index contributed by atoms with van der Waals surface area (Å²) >= 11 is 1.32. The van der Waals surface area contributed by atoms with Crippen LogP contribution in [0.15, 0.2) is 41.3 Å². The molecule has 0 atom stereocenters. The number of nitrogens with one attached hydrogen (secondary N) is 1. The second kappa shape index (κ2) is 6.87. The van der Waals surface area contributed by atoms with Crippen molar-refractivity contribution in [1.82, 2.24) is 14.9 Å². The van der Waals surface area contributed by atoms with Crippen molar-refractivity contribution in [2.24, 2.45) is 0 Å². The summed E-state index contributed by atoms with van der Waals surface area (Å²) < 4.78 is 20.0. The molecule has 4 rings (SSSR count). The predicted molar refractivity (Wildman–Crippen MR) is 96.2 cm³/mol. The molecule has 0 spiro atoms. The van der Waals surface area contributed by atoms with Crippen molar-refractivity contribution in [3.8, 4) is 5.19 Å². The van der Waals surface area contributed by atoms with E-state index in [2.05, 4.69) is 9.97 Å². The third-order valence-electron chi connectivity index (χ3n) is 4.36. The van der Waals surface area contributed by atoms with Crippen LogP contribution in [0.4, 0.5) is 4.39 Å². The zero-order valence-electron chi connectivity index (χ0n) is 13.8. The van der Waals surface area contributed by atoms with Crippen LogP contribution in [0.2, 0.25) is 0 Å². The van der Waals surface area contributed by atoms with Crippen LogP contribution in [-0.4, -0.2) is 40.0 Å². The number of halogens is 1. The Morgan fingerprint density at radius 2 is 2.08 bits per heavy atom. The molecular formula is C18H16FN3O3S. The molecule has 0 radical (unpaired) electrons. The fraction of sp³-hybridized carbons (Fsp3) is 0.278. The summed E-state index contributed by atoms with van der Waals surface area (Å²) in [6, 6.07) is 7.35. The molecule has 1 N–H and O–H groups in total. The summed E-state index contributed by atoms with van der Waals surface area (Å²) in [7, 11) is 0. The number of aromatic nitrogens is 2. The zero-order chi connectivity index (χ0) is 18.1. The van der Waals surface area contributed by atoms with Gasteiger partial charge in [-0.15, -0.1) is 0 Å². The highest BCUT2D eigenvalue weighted by atomic mass is 32.1. The van der Waals surface area contributed by atoms with Crippen LogP contribution < -0.4 is 10.3 Å². The number of benzene rings is 1. The fourth-order valence-electron chi connectivity index (χ4n) is 2.97. The molecule has 8 heteroatoms. The summed E-state index contributed by atoms with van der Waals surface area (Å²) in [6.45, 7) is 1.14. The topological polar surface area (TPSA) is 75.3 Å². The predicted octanol–water partition coefficient (Wildman–Crippen LogP) is 2.81. The van der Waals surface area contributed by atoms with Crippen molar-refractivity contribution in [3.05, 3.63) is 58.3 Å². The molecule has 134 valence electrons. The number of carbonyl (C=O) groups is 1. The largest absolute Gasteiger partial charge is 0.467 e. The molecule has 26 heavy (non-hydrogen) atoms. The minimum Gasteiger partial charge on any atom is -0.467 e. The number of carbonyl (C=O) groups excluding carboxylic acids is 1. The summed E-state index contributed by atoms with van der Waals surface area (Å²) in [6.07, 6.45) is 2.80. The molecule has 1 aromatic carbocycles. The molecule has 1 saturated heterocycles. The average molecular weight is 373 g/mol. The van der Waals surface area contributed by atoms with E-state index in [1.807, 2.05) is 0 Å². The van der Waals surface area contributed by atoms with Crippen LogP contribution in [0, 0.1) is 5.82 Å². The molecule has 1 aliphatic rings. The smallest absolute Gasteiger partial charge is 0.274 e. The molecule has 0 aliphatic carbocycles. The van der Waals surface area contributed by atoms with E-state index in [1.165, 1.54) is 41.8 Å². The lowest BCUT2D eigenvalue weighted by Crippen LogP contribution is -2.41. The second-order valence-corrected chi connectivity index (χ2v) is 7.14. The van der Waals surface area contributed by atoms with Gasteiger partial charge in [0.25, 0.3) is 11.1 Å². The van der Waals surface area contributed by atoms with Gasteiger partial charge in [0.2, 0.25) is 5.56 Å². The molecule has 1 aliphatic heterocycles. The van der Waals surface area contributed by atoms with E-state index in [-0.39, 0.29) is 23.4 Å². The van der Waals surface area contributed by atoms with Crippen LogP contribution in [0.1, 0.15) is 23.2 Å². The molecule has 1 fully saturated rings. The molecular weight excluding hydrogens is 357 g/mol. The van der Waals surface area contributed by atoms with Gasteiger partial charge in [-0.1, -0.05) is 11.3 Å². The van der Waals surface area contributed by atoms with Gasteiger partial charge in [0, 0.05) is 38.2 Å². The zero-order valence-corrected chi connectivity index (χ0v) is 14.6. The molecule has 0 unspecified atom stereocenters. The minimum atomic E-state index is -0.290. The first-order valence-corrected chi connectivity index (χ1v) is 9.11. The van der Waals surface area contributed by atoms with Crippen molar-refractivity contribution >= 4 is 27.5 Å². The Labute approximate surface area is 152 Å². The van der Waals surface area contributed by atoms with Crippen LogP contribution >= 0.6 is 11.3 Å². The Bertz CT molecular complexity index is 988. The number of ether oxygens (including phenoxy) is 1. The van der Waals surface area contributed by atoms with E-state index < -0.39 is 0 Å². The van der Waals surface area contributed by atoms with Gasteiger partial charge in [-0.2, -0.15) is 0 Å². The van der Waals surface area contributed by atoms with Crippen LogP contribution in [0.3, 0.4) is 0 Å². The monoisotopic (exact) mass is 373 g/mol. The van der Waals surface area contributed by atoms with Crippen LogP contribution in [0.5, 0.6) is 5.19 Å². The molecule has 0 saturated carbocycles. The quantitative estimate of drug-likeness (QED) is 0.766. The van der Waals surface area contributed by atoms with Gasteiger partial charge in [0.15, 0.2) is 0 Å². The van der Waals surface area contributed by atoms with E-state index in [1.54, 1.807) is 11.0 Å². The Balaban J connectivity index is 1.37. The number of pyridine rings is 1. The van der Waals surface area contributed by atoms with Crippen molar-refractivity contribution in [2.75, 3.05) is 13.1 Å². The Kier molecular flexibility index (Phi) is 4.42. The Morgan fingerprint density at radius 3 is 2.81 bits per heavy atom. The summed E-state index contributed by atoms with van der Waals surface area (Å²) in [5, 5.41) is 0.524. The lowest BCUT2D eigenvalue weighted by Gasteiger charge is -2.31. The van der Waals surface area contributed by atoms with Crippen molar-refractivity contribution in [2.45, 2.75) is 18.9 Å². The summed E-state index contributed by atoms with van der Waals surface area (Å²) in [5.74, 6) is -0.392. The number of H-pyrrole nitrogens is 1. The molecule has 0 bridgehead atoms. The van der Waals surface area contributed by atoms with E-state index in [0.29, 0.717) is 36.7 Å². The number of fused-ring (bicyclic) bond motifs is 1. The number of thiazole rings is 1. The van der Waals surface area contributed by atoms with Gasteiger partial charge in [0.05, 0.1) is 15.8 Å². The van der Waals surface area contributed by atoms with Gasteiger partial charge in [0.1, 0.15) is 11.9 Å². The number of hydrogen-bond acceptors (Lipinski definition) is 5. The summed E-state index contributed by atoms with van der Waals surface area (Å²) in [5.41, 5.74) is 0.957. The molecule has 6 nitrogen and oxygen atoms in total. The lowest BCUT2D eigenvalue weighted by atomic mass is 10.1. The minimum absolute atomic E-state index is 0.0277. The third-order valence-corrected chi connectivity index (χ3v) is 5.27. The number of rotatable bonds is 3. The highest BCUT2D eigenvalue weighted by molar-refractivity contribution is 7.20. The fourth-order valence-corrected chi connectivity index (χ4v) is 3.88. The van der Waals surface area contributed by atoms with E-state index in [9.17, 15) is 14.0 Å². The molecule has 2 aromatic heterocycles. The number of nitrogens with zero attached hydrogens (tertiary/aromatic N) is 2. The number of amides is 1. The Morgan fingerprint density at radius 1 is 1.27 bits per heavy atom. The number of aromatic amines is 1. The molecule has 3 aromatic rings. The number of hydrogen-bond donors (Lipinski definition) is 1. The maximum Gasteiger partial charge on any atom is 0.274 e. The first kappa shape index (κ1) is 16.7. The van der Waals surface area contributed by atoms with E-state index in [4.69, 9.17) is 4.74 Å². The maximum atomic E-state index is 13.3. The SMILES string of the molecule is O=C(c1ccc(=O)[nH]c1)N1CCC(Oc2nc3ccc(F)cc3s2)CC1. The van der Waals surface area contributed by atoms with Gasteiger partial charge >= 0.3 is 0 Å². The van der Waals surface area contributed by atoms with Gasteiger partial charge in [-0.3, -0.25) is 9.59 Å². The Hall–Kier alpha value is -2.74. The lowest BCUT2D eigenvalue weighted by molar-refractivity contribution is 0.0595. The third kappa shape index (κ3) is 3.45. The second-order valence-electron chi connectivity index (χ2n) is 6.14. The first-order valence-electron chi connectivity index (χ1n) is 8.29. The van der Waals surface area contributed by atoms with Crippen molar-refractivity contribution < 1.29 is 13.9 Å². The summed E-state index contributed by atoms with van der Waals surface area (Å²) in [4.78, 5) is 32.2. The van der Waals surface area contributed by atoms with Crippen molar-refractivity contribution in [3.63, 3.8) is 0 Å². The first-order chi connectivity index (χ1) is 12.6. The maximum absolute atomic E-state index is 13.3. The normalized spacial score (nSPS) is 15.3. The standard InChI is InChI=1S/C18H16FN3O3S/c19-12-2-3-14-15(9-12)26-18(21-14)25-13-5-7-22(8-6-13)17(24)11-1-4-16(23)20-10-11/h1-4,9-10,13H,5-8H2,(H,20,23). The van der Waals surface area contributed by atoms with Crippen LogP contribution in [-0.2, 0) is 0 Å². The average Bonchev–Trinajstić information content (AvgIpc) is 3.03. The number of likely N-dealkylation sites (tertiary alicyclic amines) is 1. The van der Waals surface area contributed by atoms with Crippen LogP contribution in [0.25, 0.3) is 10.2 Å². The molecule has 3 heterocycles. The van der Waals surface area contributed by atoms with Crippen molar-refractivity contribution in [1.29, 1.82) is 0 Å². The van der Waals surface area contributed by atoms with Gasteiger partial charge in [-0.25, -0.2) is 9.37 Å². The van der Waals surface area contributed by atoms with E-state index in [0.717, 1.165) is 10.2 Å². The molecule has 1 amide bonds. The highest BCUT2D eigenvalue weighted by Gasteiger charge is 2.25. The van der Waals surface area contributed by atoms with E-state index >= 15 is 0 Å². The van der Waals surface area contributed by atoms with Gasteiger partial charge < -0.3 is 14.6 Å². The number of piperidine rings is 1.